The molecule has 0 spiro atoms. The number of ether oxygens (including phenoxy) is 1. The number of nitrogens with one attached hydrogen (secondary N) is 1. The molecule has 8 heteroatoms. The number of hydrogen-bond acceptors (Lipinski definition) is 5. The largest absolute Gasteiger partial charge is 0.482 e. The number of aliphatic hydroxyl groups is 2. The molecule has 4 rings (SSSR count). The fraction of sp³-hybridized carbons (Fsp3) is 0.643. The summed E-state index contributed by atoms with van der Waals surface area (Å²) in [5.41, 5.74) is 0.490. The van der Waals surface area contributed by atoms with Crippen molar-refractivity contribution in [3.8, 4) is 5.75 Å². The Bertz CT molecular complexity index is 926. The lowest BCUT2D eigenvalue weighted by atomic mass is 9.84. The van der Waals surface area contributed by atoms with Gasteiger partial charge in [-0.25, -0.2) is 0 Å². The summed E-state index contributed by atoms with van der Waals surface area (Å²) in [5.74, 6) is 0.854. The third-order valence-corrected chi connectivity index (χ3v) is 8.76. The average molecular weight is 611 g/mol. The number of aliphatic hydroxyl groups excluding tert-OH is 2. The molecule has 3 aliphatic carbocycles. The van der Waals surface area contributed by atoms with Crippen LogP contribution in [0.1, 0.15) is 70.6 Å². The van der Waals surface area contributed by atoms with Gasteiger partial charge in [-0.05, 0) is 72.4 Å². The highest BCUT2D eigenvalue weighted by molar-refractivity contribution is 14.1. The van der Waals surface area contributed by atoms with E-state index >= 15 is 0 Å². The van der Waals surface area contributed by atoms with Crippen LogP contribution < -0.4 is 10.1 Å². The van der Waals surface area contributed by atoms with Gasteiger partial charge in [-0.1, -0.05) is 44.2 Å². The molecule has 0 radical (unpaired) electrons. The molecule has 0 bridgehead atoms. The summed E-state index contributed by atoms with van der Waals surface area (Å²) in [5, 5.41) is 23.6. The second-order valence-corrected chi connectivity index (χ2v) is 11.6. The van der Waals surface area contributed by atoms with Gasteiger partial charge in [0.15, 0.2) is 0 Å². The molecule has 2 amide bonds. The number of rotatable bonds is 9. The van der Waals surface area contributed by atoms with Gasteiger partial charge in [-0.2, -0.15) is 0 Å². The van der Waals surface area contributed by atoms with Gasteiger partial charge in [0.05, 0.1) is 16.2 Å². The minimum atomic E-state index is -0.954. The molecule has 3 aliphatic rings. The van der Waals surface area contributed by atoms with Crippen molar-refractivity contribution in [1.82, 2.24) is 10.2 Å². The van der Waals surface area contributed by atoms with E-state index in [1.807, 2.05) is 29.2 Å². The normalized spacial score (nSPS) is 25.3. The van der Waals surface area contributed by atoms with E-state index in [1.165, 1.54) is 19.3 Å². The number of hydrogen-bond donors (Lipinski definition) is 3. The number of nitrogens with zero attached hydrogens (tertiary/aromatic N) is 1. The van der Waals surface area contributed by atoms with Crippen LogP contribution in [0.25, 0.3) is 0 Å². The van der Waals surface area contributed by atoms with Crippen molar-refractivity contribution in [2.24, 2.45) is 5.92 Å². The minimum absolute atomic E-state index is 0.0738. The number of carbonyl (C=O) groups excluding carboxylic acids is 2. The molecule has 0 aromatic heterocycles. The number of carbonyl (C=O) groups is 2. The van der Waals surface area contributed by atoms with E-state index in [1.54, 1.807) is 6.08 Å². The lowest BCUT2D eigenvalue weighted by molar-refractivity contribution is -0.144. The minimum Gasteiger partial charge on any atom is -0.482 e. The van der Waals surface area contributed by atoms with Crippen molar-refractivity contribution in [2.75, 3.05) is 13.2 Å². The molecule has 1 aromatic carbocycles. The molecule has 0 saturated heterocycles. The van der Waals surface area contributed by atoms with Crippen molar-refractivity contribution in [3.63, 3.8) is 0 Å². The van der Waals surface area contributed by atoms with Crippen molar-refractivity contribution >= 4 is 34.4 Å². The zero-order chi connectivity index (χ0) is 25.5. The summed E-state index contributed by atoms with van der Waals surface area (Å²) >= 11 is 2.19. The maximum absolute atomic E-state index is 13.8. The predicted molar refractivity (Wildman–Crippen MR) is 146 cm³/mol. The van der Waals surface area contributed by atoms with E-state index in [9.17, 15) is 19.8 Å². The quantitative estimate of drug-likeness (QED) is 0.368. The zero-order valence-electron chi connectivity index (χ0n) is 20.9. The molecule has 0 heterocycles. The smallest absolute Gasteiger partial charge is 0.247 e. The molecular formula is C28H39IN2O5. The SMILES string of the molecule is O=C(NCCO)C1=C[C@H](Oc2ccccc2I)[C@@H](O)[C@H](N(C(=O)CC2CCCC2)C2CCCCC2)C1. The van der Waals surface area contributed by atoms with Crippen LogP contribution in [0.15, 0.2) is 35.9 Å². The van der Waals surface area contributed by atoms with Gasteiger partial charge in [0.25, 0.3) is 0 Å². The molecule has 0 aliphatic heterocycles. The molecule has 36 heavy (non-hydrogen) atoms. The maximum Gasteiger partial charge on any atom is 0.247 e. The van der Waals surface area contributed by atoms with Crippen LogP contribution in [0, 0.1) is 9.49 Å². The molecule has 198 valence electrons. The Morgan fingerprint density at radius 1 is 1.06 bits per heavy atom. The van der Waals surface area contributed by atoms with Crippen LogP contribution in [-0.4, -0.2) is 64.4 Å². The van der Waals surface area contributed by atoms with E-state index < -0.39 is 18.2 Å². The molecule has 2 saturated carbocycles. The topological polar surface area (TPSA) is 99.1 Å². The highest BCUT2D eigenvalue weighted by Crippen LogP contribution is 2.35. The number of amides is 2. The second-order valence-electron chi connectivity index (χ2n) is 10.4. The molecule has 7 nitrogen and oxygen atoms in total. The second kappa shape index (κ2) is 13.2. The molecule has 2 fully saturated rings. The van der Waals surface area contributed by atoms with Crippen molar-refractivity contribution in [3.05, 3.63) is 39.5 Å². The molecule has 3 N–H and O–H groups in total. The maximum atomic E-state index is 13.8. The van der Waals surface area contributed by atoms with E-state index in [4.69, 9.17) is 4.74 Å². The van der Waals surface area contributed by atoms with Crippen molar-refractivity contribution in [1.29, 1.82) is 0 Å². The summed E-state index contributed by atoms with van der Waals surface area (Å²) in [4.78, 5) is 28.8. The van der Waals surface area contributed by atoms with Gasteiger partial charge in [0.1, 0.15) is 18.0 Å². The summed E-state index contributed by atoms with van der Waals surface area (Å²) < 4.78 is 7.17. The number of halogens is 1. The Kier molecular flexibility index (Phi) is 10.1. The van der Waals surface area contributed by atoms with Gasteiger partial charge in [-0.3, -0.25) is 9.59 Å². The van der Waals surface area contributed by atoms with E-state index in [0.29, 0.717) is 23.7 Å². The monoisotopic (exact) mass is 610 g/mol. The molecule has 1 aromatic rings. The number of benzene rings is 1. The van der Waals surface area contributed by atoms with Crippen LogP contribution in [0.4, 0.5) is 0 Å². The Morgan fingerprint density at radius 3 is 2.44 bits per heavy atom. The summed E-state index contributed by atoms with van der Waals surface area (Å²) in [6.07, 6.45) is 10.5. The van der Waals surface area contributed by atoms with Crippen LogP contribution in [0.5, 0.6) is 5.75 Å². The van der Waals surface area contributed by atoms with Crippen molar-refractivity contribution < 1.29 is 24.5 Å². The van der Waals surface area contributed by atoms with E-state index in [0.717, 1.165) is 42.1 Å². The molecule has 3 atom stereocenters. The van der Waals surface area contributed by atoms with Gasteiger partial charge >= 0.3 is 0 Å². The van der Waals surface area contributed by atoms with Gasteiger partial charge in [0, 0.05) is 31.0 Å². The van der Waals surface area contributed by atoms with E-state index in [2.05, 4.69) is 27.9 Å². The average Bonchev–Trinajstić information content (AvgIpc) is 3.39. The van der Waals surface area contributed by atoms with Crippen LogP contribution >= 0.6 is 22.6 Å². The highest BCUT2D eigenvalue weighted by Gasteiger charge is 2.43. The zero-order valence-corrected chi connectivity index (χ0v) is 23.1. The lowest BCUT2D eigenvalue weighted by Crippen LogP contribution is -2.58. The summed E-state index contributed by atoms with van der Waals surface area (Å²) in [6, 6.07) is 7.12. The van der Waals surface area contributed by atoms with Gasteiger partial charge in [0.2, 0.25) is 11.8 Å². The molecular weight excluding hydrogens is 571 g/mol. The van der Waals surface area contributed by atoms with Gasteiger partial charge in [-0.15, -0.1) is 0 Å². The Labute approximate surface area is 227 Å². The standard InChI is InChI=1S/C28H39IN2O5/c29-22-12-6-7-13-24(22)36-25-18-20(28(35)30-14-15-32)17-23(27(25)34)31(21-10-2-1-3-11-21)26(33)16-19-8-4-5-9-19/h6-7,12-13,18-19,21,23,25,27,32,34H,1-5,8-11,14-17H2,(H,30,35)/t23-,25+,27+/m1/s1. The third kappa shape index (κ3) is 6.81. The first-order valence-corrected chi connectivity index (χ1v) is 14.6. The Hall–Kier alpha value is -1.65. The van der Waals surface area contributed by atoms with E-state index in [-0.39, 0.29) is 37.4 Å². The van der Waals surface area contributed by atoms with Crippen molar-refractivity contribution in [2.45, 2.75) is 94.9 Å². The fourth-order valence-electron chi connectivity index (χ4n) is 6.02. The van der Waals surface area contributed by atoms with Crippen LogP contribution in [0.2, 0.25) is 0 Å². The first-order chi connectivity index (χ1) is 17.5. The first-order valence-electron chi connectivity index (χ1n) is 13.5. The Balaban J connectivity index is 1.64. The fourth-order valence-corrected chi connectivity index (χ4v) is 6.53. The highest BCUT2D eigenvalue weighted by atomic mass is 127. The summed E-state index contributed by atoms with van der Waals surface area (Å²) in [7, 11) is 0. The predicted octanol–water partition coefficient (Wildman–Crippen LogP) is 3.95. The van der Waals surface area contributed by atoms with Crippen LogP contribution in [-0.2, 0) is 9.59 Å². The number of para-hydroxylation sites is 1. The Morgan fingerprint density at radius 2 is 1.75 bits per heavy atom. The summed E-state index contributed by atoms with van der Waals surface area (Å²) in [6.45, 7) is -0.000261. The third-order valence-electron chi connectivity index (χ3n) is 7.87. The molecule has 0 unspecified atom stereocenters. The van der Waals surface area contributed by atoms with Gasteiger partial charge < -0.3 is 25.2 Å². The van der Waals surface area contributed by atoms with Crippen LogP contribution in [0.3, 0.4) is 0 Å². The first kappa shape index (κ1) is 27.4. The lowest BCUT2D eigenvalue weighted by Gasteiger charge is -2.45.